The van der Waals surface area contributed by atoms with Gasteiger partial charge in [0.15, 0.2) is 0 Å². The largest absolute Gasteiger partial charge is 0.323 e. The molecule has 0 saturated carbocycles. The molecule has 1 aromatic carbocycles. The Bertz CT molecular complexity index is 507. The molecule has 1 heterocycles. The highest BCUT2D eigenvalue weighted by Gasteiger charge is 2.28. The topological polar surface area (TPSA) is 44.1 Å². The van der Waals surface area contributed by atoms with Gasteiger partial charge in [-0.3, -0.25) is 4.79 Å². The maximum atomic E-state index is 12.5. The molecule has 1 aliphatic rings. The first kappa shape index (κ1) is 12.9. The SMILES string of the molecule is Cc1c(Cl)cccc1C(=O)N1CCCCC1C#N. The van der Waals surface area contributed by atoms with Gasteiger partial charge in [0.25, 0.3) is 5.91 Å². The van der Waals surface area contributed by atoms with Crippen LogP contribution in [0.3, 0.4) is 0 Å². The number of nitrogens with zero attached hydrogens (tertiary/aromatic N) is 2. The van der Waals surface area contributed by atoms with Crippen LogP contribution in [0, 0.1) is 18.3 Å². The monoisotopic (exact) mass is 262 g/mol. The third kappa shape index (κ3) is 2.34. The van der Waals surface area contributed by atoms with Crippen molar-refractivity contribution in [1.82, 2.24) is 4.90 Å². The Balaban J connectivity index is 2.30. The van der Waals surface area contributed by atoms with Crippen LogP contribution in [0.4, 0.5) is 0 Å². The van der Waals surface area contributed by atoms with Gasteiger partial charge in [-0.2, -0.15) is 5.26 Å². The fraction of sp³-hybridized carbons (Fsp3) is 0.429. The lowest BCUT2D eigenvalue weighted by Crippen LogP contribution is -2.43. The second kappa shape index (κ2) is 5.41. The summed E-state index contributed by atoms with van der Waals surface area (Å²) >= 11 is 6.03. The molecule has 0 radical (unpaired) electrons. The number of nitriles is 1. The van der Waals surface area contributed by atoms with E-state index in [2.05, 4.69) is 6.07 Å². The molecule has 1 saturated heterocycles. The number of amides is 1. The van der Waals surface area contributed by atoms with Crippen molar-refractivity contribution < 1.29 is 4.79 Å². The summed E-state index contributed by atoms with van der Waals surface area (Å²) in [6, 6.07) is 7.22. The molecule has 1 atom stereocenters. The molecule has 3 nitrogen and oxygen atoms in total. The second-order valence-corrected chi connectivity index (χ2v) is 4.96. The minimum Gasteiger partial charge on any atom is -0.323 e. The molecular weight excluding hydrogens is 248 g/mol. The van der Waals surface area contributed by atoms with Crippen LogP contribution >= 0.6 is 11.6 Å². The molecule has 18 heavy (non-hydrogen) atoms. The Morgan fingerprint density at radius 1 is 1.50 bits per heavy atom. The molecule has 1 aromatic rings. The summed E-state index contributed by atoms with van der Waals surface area (Å²) in [7, 11) is 0. The van der Waals surface area contributed by atoms with Crippen molar-refractivity contribution in [3.8, 4) is 6.07 Å². The van der Waals surface area contributed by atoms with Gasteiger partial charge >= 0.3 is 0 Å². The van der Waals surface area contributed by atoms with Gasteiger partial charge in [-0.15, -0.1) is 0 Å². The number of piperidine rings is 1. The fourth-order valence-electron chi connectivity index (χ4n) is 2.30. The third-order valence-electron chi connectivity index (χ3n) is 3.41. The number of benzene rings is 1. The number of carbonyl (C=O) groups is 1. The van der Waals surface area contributed by atoms with E-state index < -0.39 is 0 Å². The molecular formula is C14H15ClN2O. The lowest BCUT2D eigenvalue weighted by atomic mass is 10.0. The van der Waals surface area contributed by atoms with Gasteiger partial charge in [0.2, 0.25) is 0 Å². The summed E-state index contributed by atoms with van der Waals surface area (Å²) in [6.45, 7) is 2.49. The minimum absolute atomic E-state index is 0.0822. The first-order valence-electron chi connectivity index (χ1n) is 6.11. The highest BCUT2D eigenvalue weighted by molar-refractivity contribution is 6.31. The van der Waals surface area contributed by atoms with Crippen LogP contribution in [-0.2, 0) is 0 Å². The van der Waals surface area contributed by atoms with E-state index >= 15 is 0 Å². The van der Waals surface area contributed by atoms with Gasteiger partial charge in [-0.1, -0.05) is 17.7 Å². The fourth-order valence-corrected chi connectivity index (χ4v) is 2.48. The van der Waals surface area contributed by atoms with Crippen LogP contribution in [-0.4, -0.2) is 23.4 Å². The molecule has 0 spiro atoms. The van der Waals surface area contributed by atoms with Crippen LogP contribution in [0.25, 0.3) is 0 Å². The predicted molar refractivity (Wildman–Crippen MR) is 70.5 cm³/mol. The van der Waals surface area contributed by atoms with Crippen LogP contribution in [0.1, 0.15) is 35.2 Å². The zero-order valence-corrected chi connectivity index (χ0v) is 11.1. The Labute approximate surface area is 112 Å². The average Bonchev–Trinajstić information content (AvgIpc) is 2.41. The predicted octanol–water partition coefficient (Wildman–Crippen LogP) is 3.17. The van der Waals surface area contributed by atoms with Crippen molar-refractivity contribution >= 4 is 17.5 Å². The summed E-state index contributed by atoms with van der Waals surface area (Å²) in [5.74, 6) is -0.0822. The van der Waals surface area contributed by atoms with Crippen LogP contribution in [0.15, 0.2) is 18.2 Å². The van der Waals surface area contributed by atoms with E-state index in [1.807, 2.05) is 6.92 Å². The van der Waals surface area contributed by atoms with Gasteiger partial charge in [-0.25, -0.2) is 0 Å². The number of carbonyl (C=O) groups excluding carboxylic acids is 1. The van der Waals surface area contributed by atoms with Crippen molar-refractivity contribution in [2.75, 3.05) is 6.54 Å². The smallest absolute Gasteiger partial charge is 0.255 e. The maximum absolute atomic E-state index is 12.5. The van der Waals surface area contributed by atoms with Crippen molar-refractivity contribution in [2.45, 2.75) is 32.2 Å². The second-order valence-electron chi connectivity index (χ2n) is 4.55. The number of likely N-dealkylation sites (tertiary alicyclic amines) is 1. The van der Waals surface area contributed by atoms with Gasteiger partial charge in [0, 0.05) is 17.1 Å². The number of rotatable bonds is 1. The first-order valence-corrected chi connectivity index (χ1v) is 6.48. The van der Waals surface area contributed by atoms with E-state index in [0.717, 1.165) is 24.8 Å². The highest BCUT2D eigenvalue weighted by atomic mass is 35.5. The lowest BCUT2D eigenvalue weighted by Gasteiger charge is -2.31. The molecule has 2 rings (SSSR count). The minimum atomic E-state index is -0.301. The Hall–Kier alpha value is -1.53. The maximum Gasteiger partial charge on any atom is 0.255 e. The molecule has 1 aliphatic heterocycles. The van der Waals surface area contributed by atoms with Crippen LogP contribution in [0.5, 0.6) is 0 Å². The molecule has 0 bridgehead atoms. The van der Waals surface area contributed by atoms with Crippen molar-refractivity contribution in [3.05, 3.63) is 34.3 Å². The summed E-state index contributed by atoms with van der Waals surface area (Å²) in [5, 5.41) is 9.70. The molecule has 1 unspecified atom stereocenters. The van der Waals surface area contributed by atoms with Crippen molar-refractivity contribution in [2.24, 2.45) is 0 Å². The van der Waals surface area contributed by atoms with E-state index in [9.17, 15) is 4.79 Å². The standard InChI is InChI=1S/C14H15ClN2O/c1-10-12(6-4-7-13(10)15)14(18)17-8-3-2-5-11(17)9-16/h4,6-7,11H,2-3,5,8H2,1H3. The number of hydrogen-bond donors (Lipinski definition) is 0. The van der Waals surface area contributed by atoms with Gasteiger partial charge in [-0.05, 0) is 43.9 Å². The van der Waals surface area contributed by atoms with Gasteiger partial charge in [0.05, 0.1) is 6.07 Å². The van der Waals surface area contributed by atoms with E-state index in [4.69, 9.17) is 16.9 Å². The number of halogens is 1. The van der Waals surface area contributed by atoms with Gasteiger partial charge < -0.3 is 4.90 Å². The van der Waals surface area contributed by atoms with E-state index in [-0.39, 0.29) is 11.9 Å². The number of hydrogen-bond acceptors (Lipinski definition) is 2. The Kier molecular flexibility index (Phi) is 3.88. The van der Waals surface area contributed by atoms with Crippen molar-refractivity contribution in [3.63, 3.8) is 0 Å². The molecule has 0 aliphatic carbocycles. The van der Waals surface area contributed by atoms with E-state index in [1.54, 1.807) is 23.1 Å². The van der Waals surface area contributed by atoms with E-state index in [0.29, 0.717) is 17.1 Å². The molecule has 1 amide bonds. The molecule has 0 N–H and O–H groups in total. The third-order valence-corrected chi connectivity index (χ3v) is 3.82. The Morgan fingerprint density at radius 3 is 3.00 bits per heavy atom. The summed E-state index contributed by atoms with van der Waals surface area (Å²) in [4.78, 5) is 14.1. The summed E-state index contributed by atoms with van der Waals surface area (Å²) < 4.78 is 0. The van der Waals surface area contributed by atoms with Crippen LogP contribution in [0.2, 0.25) is 5.02 Å². The van der Waals surface area contributed by atoms with E-state index in [1.165, 1.54) is 0 Å². The Morgan fingerprint density at radius 2 is 2.28 bits per heavy atom. The lowest BCUT2D eigenvalue weighted by molar-refractivity contribution is 0.0670. The zero-order valence-electron chi connectivity index (χ0n) is 10.3. The normalized spacial score (nSPS) is 19.4. The highest BCUT2D eigenvalue weighted by Crippen LogP contribution is 2.24. The van der Waals surface area contributed by atoms with Gasteiger partial charge in [0.1, 0.15) is 6.04 Å². The summed E-state index contributed by atoms with van der Waals surface area (Å²) in [5.41, 5.74) is 1.39. The molecule has 1 fully saturated rings. The molecule has 4 heteroatoms. The summed E-state index contributed by atoms with van der Waals surface area (Å²) in [6.07, 6.45) is 2.74. The zero-order chi connectivity index (χ0) is 13.1. The molecule has 0 aromatic heterocycles. The van der Waals surface area contributed by atoms with Crippen molar-refractivity contribution in [1.29, 1.82) is 5.26 Å². The first-order chi connectivity index (χ1) is 8.65. The van der Waals surface area contributed by atoms with Crippen LogP contribution < -0.4 is 0 Å². The molecule has 94 valence electrons. The quantitative estimate of drug-likeness (QED) is 0.780. The average molecular weight is 263 g/mol.